The van der Waals surface area contributed by atoms with Gasteiger partial charge in [-0.2, -0.15) is 10.4 Å². The van der Waals surface area contributed by atoms with Crippen LogP contribution in [0, 0.1) is 11.3 Å². The molecule has 0 atom stereocenters. The number of hydrazone groups is 1. The molecule has 3 rings (SSSR count). The third-order valence-corrected chi connectivity index (χ3v) is 5.11. The number of nitriles is 1. The predicted molar refractivity (Wildman–Crippen MR) is 103 cm³/mol. The van der Waals surface area contributed by atoms with Gasteiger partial charge in [-0.25, -0.2) is 5.43 Å². The maximum Gasteiger partial charge on any atom is 0.277 e. The van der Waals surface area contributed by atoms with Gasteiger partial charge in [0.05, 0.1) is 16.8 Å². The number of nitrogens with zero attached hydrogens (tertiary/aromatic N) is 3. The highest BCUT2D eigenvalue weighted by Gasteiger charge is 2.12. The number of ether oxygens (including phenoxy) is 1. The molecule has 0 radical (unpaired) electrons. The Balaban J connectivity index is 1.47. The van der Waals surface area contributed by atoms with Crippen LogP contribution in [0.4, 0.5) is 5.00 Å². The van der Waals surface area contributed by atoms with Crippen LogP contribution in [0.15, 0.2) is 41.5 Å². The summed E-state index contributed by atoms with van der Waals surface area (Å²) in [5.74, 6) is 0.0142. The van der Waals surface area contributed by atoms with Crippen LogP contribution in [-0.2, 0) is 4.79 Å². The largest absolute Gasteiger partial charge is 0.482 e. The van der Waals surface area contributed by atoms with Crippen LogP contribution >= 0.6 is 11.3 Å². The monoisotopic (exact) mass is 368 g/mol. The summed E-state index contributed by atoms with van der Waals surface area (Å²) in [6, 6.07) is 12.9. The minimum absolute atomic E-state index is 0.195. The van der Waals surface area contributed by atoms with E-state index in [4.69, 9.17) is 10.00 Å². The minimum Gasteiger partial charge on any atom is -0.482 e. The van der Waals surface area contributed by atoms with Crippen LogP contribution in [-0.4, -0.2) is 31.8 Å². The molecule has 1 aliphatic heterocycles. The number of rotatable bonds is 6. The van der Waals surface area contributed by atoms with E-state index in [0.717, 1.165) is 18.0 Å². The summed E-state index contributed by atoms with van der Waals surface area (Å²) >= 11 is 1.66. The average Bonchev–Trinajstić information content (AvgIpc) is 3.16. The van der Waals surface area contributed by atoms with E-state index >= 15 is 0 Å². The van der Waals surface area contributed by atoms with Crippen molar-refractivity contribution < 1.29 is 9.53 Å². The fraction of sp³-hybridized carbons (Fsp3) is 0.316. The van der Waals surface area contributed by atoms with Gasteiger partial charge in [0.15, 0.2) is 6.61 Å². The quantitative estimate of drug-likeness (QED) is 0.628. The number of carbonyl (C=O) groups is 1. The van der Waals surface area contributed by atoms with Crippen LogP contribution in [0.3, 0.4) is 0 Å². The minimum atomic E-state index is -0.373. The van der Waals surface area contributed by atoms with Gasteiger partial charge in [-0.05, 0) is 43.5 Å². The molecule has 1 amide bonds. The van der Waals surface area contributed by atoms with E-state index < -0.39 is 0 Å². The van der Waals surface area contributed by atoms with Gasteiger partial charge >= 0.3 is 0 Å². The molecule has 26 heavy (non-hydrogen) atoms. The first-order chi connectivity index (χ1) is 12.8. The SMILES string of the molecule is N#Cc1ccccc1OCC(=O)N/N=C/c1ccc(N2CCCCC2)s1. The molecule has 1 saturated heterocycles. The summed E-state index contributed by atoms with van der Waals surface area (Å²) in [5.41, 5.74) is 2.84. The number of hydrogen-bond donors (Lipinski definition) is 1. The third-order valence-electron chi connectivity index (χ3n) is 4.03. The lowest BCUT2D eigenvalue weighted by atomic mass is 10.1. The molecule has 6 nitrogen and oxygen atoms in total. The maximum atomic E-state index is 11.8. The number of hydrogen-bond acceptors (Lipinski definition) is 6. The number of anilines is 1. The Hall–Kier alpha value is -2.85. The molecule has 0 unspecified atom stereocenters. The molecule has 0 aliphatic carbocycles. The molecular weight excluding hydrogens is 348 g/mol. The van der Waals surface area contributed by atoms with Gasteiger partial charge in [0.25, 0.3) is 5.91 Å². The molecule has 1 aromatic heterocycles. The molecule has 1 N–H and O–H groups in total. The molecule has 0 saturated carbocycles. The summed E-state index contributed by atoms with van der Waals surface area (Å²) in [4.78, 5) is 15.2. The second-order valence-electron chi connectivity index (χ2n) is 5.91. The van der Waals surface area contributed by atoms with Crippen molar-refractivity contribution in [3.05, 3.63) is 46.8 Å². The van der Waals surface area contributed by atoms with Crippen LogP contribution < -0.4 is 15.1 Å². The smallest absolute Gasteiger partial charge is 0.277 e. The second-order valence-corrected chi connectivity index (χ2v) is 7.01. The highest BCUT2D eigenvalue weighted by Crippen LogP contribution is 2.27. The number of amides is 1. The van der Waals surface area contributed by atoms with Gasteiger partial charge in [0, 0.05) is 18.0 Å². The number of nitrogens with one attached hydrogen (secondary N) is 1. The standard InChI is InChI=1S/C19H20N4O2S/c20-12-15-6-2-3-7-17(15)25-14-18(24)22-21-13-16-8-9-19(26-16)23-10-4-1-5-11-23/h2-3,6-9,13H,1,4-5,10-11,14H2,(H,22,24)/b21-13+. The van der Waals surface area contributed by atoms with Gasteiger partial charge in [-0.1, -0.05) is 12.1 Å². The summed E-state index contributed by atoms with van der Waals surface area (Å²) < 4.78 is 5.36. The van der Waals surface area contributed by atoms with Crippen molar-refractivity contribution in [3.63, 3.8) is 0 Å². The number of benzene rings is 1. The van der Waals surface area contributed by atoms with E-state index in [0.29, 0.717) is 11.3 Å². The van der Waals surface area contributed by atoms with Crippen LogP contribution in [0.5, 0.6) is 5.75 Å². The van der Waals surface area contributed by atoms with Crippen molar-refractivity contribution in [3.8, 4) is 11.8 Å². The number of thiophene rings is 1. The molecule has 0 bridgehead atoms. The molecule has 1 aromatic carbocycles. The topological polar surface area (TPSA) is 77.7 Å². The maximum absolute atomic E-state index is 11.8. The highest BCUT2D eigenvalue weighted by molar-refractivity contribution is 7.17. The van der Waals surface area contributed by atoms with Crippen molar-refractivity contribution in [1.82, 2.24) is 5.43 Å². The lowest BCUT2D eigenvalue weighted by Gasteiger charge is -2.27. The normalized spacial score (nSPS) is 14.2. The first-order valence-electron chi connectivity index (χ1n) is 8.55. The van der Waals surface area contributed by atoms with E-state index in [1.165, 1.54) is 24.3 Å². The van der Waals surface area contributed by atoms with E-state index in [9.17, 15) is 4.79 Å². The molecule has 1 fully saturated rings. The van der Waals surface area contributed by atoms with Crippen molar-refractivity contribution in [2.45, 2.75) is 19.3 Å². The Morgan fingerprint density at radius 1 is 1.27 bits per heavy atom. The van der Waals surface area contributed by atoms with E-state index in [2.05, 4.69) is 21.5 Å². The molecule has 1 aliphatic rings. The molecule has 0 spiro atoms. The van der Waals surface area contributed by atoms with E-state index in [-0.39, 0.29) is 12.5 Å². The predicted octanol–water partition coefficient (Wildman–Crippen LogP) is 3.14. The zero-order valence-corrected chi connectivity index (χ0v) is 15.2. The van der Waals surface area contributed by atoms with Gasteiger partial charge in [0.2, 0.25) is 0 Å². The van der Waals surface area contributed by atoms with Gasteiger partial charge in [0.1, 0.15) is 11.8 Å². The third kappa shape index (κ3) is 4.83. The van der Waals surface area contributed by atoms with Crippen LogP contribution in [0.2, 0.25) is 0 Å². The summed E-state index contributed by atoms with van der Waals surface area (Å²) in [6.07, 6.45) is 5.43. The van der Waals surface area contributed by atoms with Crippen LogP contribution in [0.25, 0.3) is 0 Å². The van der Waals surface area contributed by atoms with Crippen molar-refractivity contribution in [1.29, 1.82) is 5.26 Å². The number of para-hydroxylation sites is 1. The lowest BCUT2D eigenvalue weighted by molar-refractivity contribution is -0.123. The number of carbonyl (C=O) groups excluding carboxylic acids is 1. The summed E-state index contributed by atoms with van der Waals surface area (Å²) in [6.45, 7) is 2.02. The Morgan fingerprint density at radius 2 is 2.08 bits per heavy atom. The molecule has 134 valence electrons. The highest BCUT2D eigenvalue weighted by atomic mass is 32.1. The van der Waals surface area contributed by atoms with Gasteiger partial charge < -0.3 is 9.64 Å². The average molecular weight is 368 g/mol. The first kappa shape index (κ1) is 18.0. The Kier molecular flexibility index (Phi) is 6.23. The fourth-order valence-electron chi connectivity index (χ4n) is 2.72. The fourth-order valence-corrected chi connectivity index (χ4v) is 3.65. The Bertz CT molecular complexity index is 819. The lowest BCUT2D eigenvalue weighted by Crippen LogP contribution is -2.28. The summed E-state index contributed by atoms with van der Waals surface area (Å²) in [5, 5.41) is 14.2. The Morgan fingerprint density at radius 3 is 2.88 bits per heavy atom. The molecule has 7 heteroatoms. The second kappa shape index (κ2) is 9.02. The van der Waals surface area contributed by atoms with Crippen molar-refractivity contribution >= 4 is 28.5 Å². The van der Waals surface area contributed by atoms with Crippen LogP contribution in [0.1, 0.15) is 29.7 Å². The van der Waals surface area contributed by atoms with Crippen molar-refractivity contribution in [2.75, 3.05) is 24.6 Å². The molecule has 2 heterocycles. The van der Waals surface area contributed by atoms with Gasteiger partial charge in [-0.3, -0.25) is 4.79 Å². The van der Waals surface area contributed by atoms with E-state index in [1.54, 1.807) is 41.8 Å². The molecule has 2 aromatic rings. The summed E-state index contributed by atoms with van der Waals surface area (Å²) in [7, 11) is 0. The zero-order chi connectivity index (χ0) is 18.2. The van der Waals surface area contributed by atoms with Gasteiger partial charge in [-0.15, -0.1) is 11.3 Å². The first-order valence-corrected chi connectivity index (χ1v) is 9.36. The van der Waals surface area contributed by atoms with E-state index in [1.807, 2.05) is 12.1 Å². The molecular formula is C19H20N4O2S. The number of piperidine rings is 1. The Labute approximate surface area is 156 Å². The zero-order valence-electron chi connectivity index (χ0n) is 14.4. The van der Waals surface area contributed by atoms with Crippen molar-refractivity contribution in [2.24, 2.45) is 5.10 Å².